The maximum Gasteiger partial charge on any atom is 0.300 e. The largest absolute Gasteiger partial charge is 0.489 e. The van der Waals surface area contributed by atoms with Gasteiger partial charge in [-0.3, -0.25) is 9.78 Å². The van der Waals surface area contributed by atoms with E-state index in [2.05, 4.69) is 25.5 Å². The predicted molar refractivity (Wildman–Crippen MR) is 165 cm³/mol. The molecular weight excluding hydrogens is 570 g/mol. The summed E-state index contributed by atoms with van der Waals surface area (Å²) >= 11 is 6.34. The molecule has 11 heteroatoms. The molecule has 4 aromatic rings. The Kier molecular flexibility index (Phi) is 9.56. The Morgan fingerprint density at radius 2 is 1.93 bits per heavy atom. The molecule has 2 aromatic carbocycles. The summed E-state index contributed by atoms with van der Waals surface area (Å²) in [5.74, 6) is 1.42. The molecule has 6 rings (SSSR count). The first-order valence-electron chi connectivity index (χ1n) is 14.9. The van der Waals surface area contributed by atoms with Crippen molar-refractivity contribution < 1.29 is 23.4 Å². The van der Waals surface area contributed by atoms with Gasteiger partial charge in [-0.15, -0.1) is 0 Å². The molecule has 1 amide bonds. The normalized spacial score (nSPS) is 16.9. The number of ether oxygens (including phenoxy) is 3. The van der Waals surface area contributed by atoms with E-state index < -0.39 is 0 Å². The number of aromatic nitrogens is 2. The lowest BCUT2D eigenvalue weighted by Crippen LogP contribution is -2.26. The molecule has 1 unspecified atom stereocenters. The standard InChI is InChI=1S/C32H36ClN5O5/c33-26-9-7-22(18-30(26)41-21-25-6-5-17-40-25)36-32-37-27-19-23(8-10-29(27)43-32)42-24-11-13-34-28(20-24)31(39)35-12-1-2-14-38-15-3-4-16-38/h7-11,13,18-20,25H,1-6,12,14-17,21H2,(H,35,39)(H,36,37). The number of oxazole rings is 1. The van der Waals surface area contributed by atoms with Gasteiger partial charge >= 0.3 is 0 Å². The molecule has 2 fully saturated rings. The number of halogens is 1. The van der Waals surface area contributed by atoms with Crippen LogP contribution in [0.2, 0.25) is 5.02 Å². The highest BCUT2D eigenvalue weighted by Crippen LogP contribution is 2.32. The molecule has 2 saturated heterocycles. The number of rotatable bonds is 13. The number of hydrogen-bond donors (Lipinski definition) is 2. The molecule has 226 valence electrons. The fraction of sp³-hybridized carbons (Fsp3) is 0.406. The van der Waals surface area contributed by atoms with Crippen LogP contribution >= 0.6 is 11.6 Å². The molecule has 2 N–H and O–H groups in total. The van der Waals surface area contributed by atoms with Gasteiger partial charge in [0.1, 0.15) is 35.1 Å². The Bertz CT molecular complexity index is 1530. The molecule has 0 radical (unpaired) electrons. The minimum Gasteiger partial charge on any atom is -0.489 e. The van der Waals surface area contributed by atoms with Crippen LogP contribution in [0.4, 0.5) is 11.7 Å². The Morgan fingerprint density at radius 1 is 1.05 bits per heavy atom. The summed E-state index contributed by atoms with van der Waals surface area (Å²) in [6, 6.07) is 14.4. The Balaban J connectivity index is 1.03. The summed E-state index contributed by atoms with van der Waals surface area (Å²) in [6.45, 7) is 5.34. The number of fused-ring (bicyclic) bond motifs is 1. The molecule has 4 heterocycles. The summed E-state index contributed by atoms with van der Waals surface area (Å²) in [5.41, 5.74) is 2.25. The lowest BCUT2D eigenvalue weighted by atomic mass is 10.2. The van der Waals surface area contributed by atoms with Crippen LogP contribution in [-0.4, -0.2) is 66.3 Å². The van der Waals surface area contributed by atoms with E-state index in [4.69, 9.17) is 30.2 Å². The molecule has 0 spiro atoms. The zero-order chi connectivity index (χ0) is 29.4. The topological polar surface area (TPSA) is 111 Å². The van der Waals surface area contributed by atoms with E-state index in [0.717, 1.165) is 44.5 Å². The lowest BCUT2D eigenvalue weighted by Gasteiger charge is -2.14. The Hall–Kier alpha value is -3.86. The summed E-state index contributed by atoms with van der Waals surface area (Å²) in [5, 5.41) is 6.66. The van der Waals surface area contributed by atoms with Crippen molar-refractivity contribution in [3.8, 4) is 17.2 Å². The molecular formula is C32H36ClN5O5. The molecule has 0 bridgehead atoms. The molecule has 10 nitrogen and oxygen atoms in total. The fourth-order valence-corrected chi connectivity index (χ4v) is 5.46. The molecule has 43 heavy (non-hydrogen) atoms. The average molecular weight is 606 g/mol. The van der Waals surface area contributed by atoms with E-state index in [1.807, 2.05) is 12.1 Å². The number of carbonyl (C=O) groups is 1. The highest BCUT2D eigenvalue weighted by atomic mass is 35.5. The van der Waals surface area contributed by atoms with Gasteiger partial charge in [-0.25, -0.2) is 0 Å². The van der Waals surface area contributed by atoms with Crippen molar-refractivity contribution in [2.24, 2.45) is 0 Å². The van der Waals surface area contributed by atoms with E-state index in [9.17, 15) is 4.79 Å². The van der Waals surface area contributed by atoms with Crippen LogP contribution < -0.4 is 20.1 Å². The number of carbonyl (C=O) groups excluding carboxylic acids is 1. The number of anilines is 2. The number of pyridine rings is 1. The quantitative estimate of drug-likeness (QED) is 0.163. The van der Waals surface area contributed by atoms with Crippen LogP contribution in [0.1, 0.15) is 49.0 Å². The van der Waals surface area contributed by atoms with Gasteiger partial charge in [0.05, 0.1) is 11.1 Å². The second-order valence-electron chi connectivity index (χ2n) is 10.9. The van der Waals surface area contributed by atoms with Gasteiger partial charge in [0.15, 0.2) is 5.58 Å². The van der Waals surface area contributed by atoms with Gasteiger partial charge in [-0.1, -0.05) is 11.6 Å². The van der Waals surface area contributed by atoms with Crippen LogP contribution in [0.5, 0.6) is 17.2 Å². The molecule has 1 atom stereocenters. The minimum absolute atomic E-state index is 0.0939. The molecule has 0 aliphatic carbocycles. The molecule has 0 saturated carbocycles. The molecule has 2 aromatic heterocycles. The van der Waals surface area contributed by atoms with Crippen LogP contribution in [0.3, 0.4) is 0 Å². The van der Waals surface area contributed by atoms with Gasteiger partial charge < -0.3 is 34.2 Å². The SMILES string of the molecule is O=C(NCCCCN1CCCC1)c1cc(Oc2ccc3oc(Nc4ccc(Cl)c(OCC5CCCO5)c4)nc3c2)ccn1. The van der Waals surface area contributed by atoms with Crippen LogP contribution in [-0.2, 0) is 4.74 Å². The van der Waals surface area contributed by atoms with Crippen molar-refractivity contribution in [3.05, 3.63) is 65.4 Å². The van der Waals surface area contributed by atoms with Crippen molar-refractivity contribution in [2.75, 3.05) is 44.7 Å². The zero-order valence-corrected chi connectivity index (χ0v) is 24.8. The summed E-state index contributed by atoms with van der Waals surface area (Å²) < 4.78 is 23.5. The first kappa shape index (κ1) is 29.2. The van der Waals surface area contributed by atoms with Crippen LogP contribution in [0.15, 0.2) is 59.1 Å². The monoisotopic (exact) mass is 605 g/mol. The van der Waals surface area contributed by atoms with E-state index in [0.29, 0.717) is 58.2 Å². The maximum absolute atomic E-state index is 12.6. The zero-order valence-electron chi connectivity index (χ0n) is 24.0. The van der Waals surface area contributed by atoms with Crippen molar-refractivity contribution in [2.45, 2.75) is 44.6 Å². The predicted octanol–water partition coefficient (Wildman–Crippen LogP) is 6.58. The van der Waals surface area contributed by atoms with Gasteiger partial charge in [0.2, 0.25) is 0 Å². The highest BCUT2D eigenvalue weighted by molar-refractivity contribution is 6.32. The van der Waals surface area contributed by atoms with E-state index in [1.54, 1.807) is 42.6 Å². The Labute approximate surface area is 255 Å². The third-order valence-electron chi connectivity index (χ3n) is 7.58. The van der Waals surface area contributed by atoms with Gasteiger partial charge in [-0.05, 0) is 88.5 Å². The number of unbranched alkanes of at least 4 members (excludes halogenated alkanes) is 1. The van der Waals surface area contributed by atoms with Crippen molar-refractivity contribution >= 4 is 40.3 Å². The minimum atomic E-state index is -0.211. The summed E-state index contributed by atoms with van der Waals surface area (Å²) in [6.07, 6.45) is 8.30. The second kappa shape index (κ2) is 14.1. The van der Waals surface area contributed by atoms with Crippen molar-refractivity contribution in [1.29, 1.82) is 0 Å². The van der Waals surface area contributed by atoms with Crippen molar-refractivity contribution in [3.63, 3.8) is 0 Å². The van der Waals surface area contributed by atoms with Crippen LogP contribution in [0.25, 0.3) is 11.1 Å². The first-order valence-corrected chi connectivity index (χ1v) is 15.3. The number of likely N-dealkylation sites (tertiary alicyclic amines) is 1. The fourth-order valence-electron chi connectivity index (χ4n) is 5.29. The number of amides is 1. The average Bonchev–Trinajstić information content (AvgIpc) is 3.80. The van der Waals surface area contributed by atoms with Gasteiger partial charge in [0.25, 0.3) is 11.9 Å². The van der Waals surface area contributed by atoms with E-state index in [-0.39, 0.29) is 12.0 Å². The van der Waals surface area contributed by atoms with Crippen LogP contribution in [0, 0.1) is 0 Å². The molecule has 2 aliphatic rings. The Morgan fingerprint density at radius 3 is 2.79 bits per heavy atom. The third-order valence-corrected chi connectivity index (χ3v) is 7.89. The smallest absolute Gasteiger partial charge is 0.300 e. The number of hydrogen-bond acceptors (Lipinski definition) is 9. The number of benzene rings is 2. The second-order valence-corrected chi connectivity index (χ2v) is 11.3. The van der Waals surface area contributed by atoms with Gasteiger partial charge in [-0.2, -0.15) is 4.98 Å². The number of nitrogens with zero attached hydrogens (tertiary/aromatic N) is 3. The summed E-state index contributed by atoms with van der Waals surface area (Å²) in [7, 11) is 0. The first-order chi connectivity index (χ1) is 21.1. The maximum atomic E-state index is 12.6. The number of nitrogens with one attached hydrogen (secondary N) is 2. The molecule has 2 aliphatic heterocycles. The van der Waals surface area contributed by atoms with E-state index in [1.165, 1.54) is 25.9 Å². The third kappa shape index (κ3) is 7.95. The van der Waals surface area contributed by atoms with Crippen molar-refractivity contribution in [1.82, 2.24) is 20.2 Å². The highest BCUT2D eigenvalue weighted by Gasteiger charge is 2.17. The van der Waals surface area contributed by atoms with E-state index >= 15 is 0 Å². The summed E-state index contributed by atoms with van der Waals surface area (Å²) in [4.78, 5) is 23.9. The van der Waals surface area contributed by atoms with Gasteiger partial charge in [0, 0.05) is 43.2 Å². The lowest BCUT2D eigenvalue weighted by molar-refractivity contribution is 0.0680.